The molecule has 0 atom stereocenters. The average Bonchev–Trinajstić information content (AvgIpc) is 2.81. The van der Waals surface area contributed by atoms with Crippen LogP contribution in [0.2, 0.25) is 0 Å². The predicted octanol–water partition coefficient (Wildman–Crippen LogP) is 2.04. The second-order valence-corrected chi connectivity index (χ2v) is 5.49. The minimum Gasteiger partial charge on any atom is -0.389 e. The molecule has 0 aliphatic heterocycles. The van der Waals surface area contributed by atoms with Gasteiger partial charge in [0.1, 0.15) is 0 Å². The van der Waals surface area contributed by atoms with E-state index in [2.05, 4.69) is 36.8 Å². The summed E-state index contributed by atoms with van der Waals surface area (Å²) >= 11 is 0. The topological polar surface area (TPSA) is 37.2 Å². The quantitative estimate of drug-likeness (QED) is 0.839. The highest BCUT2D eigenvalue weighted by molar-refractivity contribution is 5.26. The summed E-state index contributed by atoms with van der Waals surface area (Å²) in [5, 5.41) is 13.6. The lowest BCUT2D eigenvalue weighted by Gasteiger charge is -2.22. The van der Waals surface area contributed by atoms with Gasteiger partial charge in [-0.2, -0.15) is 0 Å². The molecule has 96 valence electrons. The zero-order valence-corrected chi connectivity index (χ0v) is 11.2. The molecule has 1 aliphatic rings. The first kappa shape index (κ1) is 12.7. The molecule has 0 amide bonds. The normalized spacial score (nSPS) is 18.8. The average molecular weight is 236 g/mol. The molecule has 0 saturated heterocycles. The van der Waals surface area contributed by atoms with Crippen molar-refractivity contribution in [3.63, 3.8) is 0 Å². The van der Waals surface area contributed by atoms with Gasteiger partial charge in [0.05, 0.1) is 5.60 Å². The minimum atomic E-state index is -0.447. The number of aromatic nitrogens is 1. The summed E-state index contributed by atoms with van der Waals surface area (Å²) < 4.78 is 2.21. The first-order chi connectivity index (χ1) is 8.02. The fraction of sp³-hybridized carbons (Fsp3) is 0.714. The fourth-order valence-electron chi connectivity index (χ4n) is 2.75. The molecule has 3 nitrogen and oxygen atoms in total. The molecule has 1 aliphatic carbocycles. The molecule has 0 spiro atoms. The molecule has 1 fully saturated rings. The lowest BCUT2D eigenvalue weighted by Crippen LogP contribution is -2.37. The van der Waals surface area contributed by atoms with Gasteiger partial charge < -0.3 is 15.0 Å². The van der Waals surface area contributed by atoms with Crippen LogP contribution in [0.1, 0.15) is 42.6 Å². The van der Waals surface area contributed by atoms with E-state index >= 15 is 0 Å². The number of aryl methyl sites for hydroxylation is 1. The third kappa shape index (κ3) is 2.72. The highest BCUT2D eigenvalue weighted by Gasteiger charge is 2.30. The Morgan fingerprint density at radius 3 is 2.53 bits per heavy atom. The molecule has 2 N–H and O–H groups in total. The number of hydrogen-bond acceptors (Lipinski definition) is 2. The Kier molecular flexibility index (Phi) is 3.59. The molecule has 0 unspecified atom stereocenters. The van der Waals surface area contributed by atoms with Crippen LogP contribution >= 0.6 is 0 Å². The maximum absolute atomic E-state index is 10.2. The largest absolute Gasteiger partial charge is 0.389 e. The Morgan fingerprint density at radius 1 is 1.35 bits per heavy atom. The van der Waals surface area contributed by atoms with Crippen molar-refractivity contribution in [3.05, 3.63) is 23.0 Å². The summed E-state index contributed by atoms with van der Waals surface area (Å²) in [6.45, 7) is 5.85. The number of hydrogen-bond donors (Lipinski definition) is 2. The van der Waals surface area contributed by atoms with Gasteiger partial charge >= 0.3 is 0 Å². The summed E-state index contributed by atoms with van der Waals surface area (Å²) in [6, 6.07) is 2.22. The third-order valence-corrected chi connectivity index (χ3v) is 4.18. The van der Waals surface area contributed by atoms with Crippen molar-refractivity contribution in [1.29, 1.82) is 0 Å². The smallest absolute Gasteiger partial charge is 0.0771 e. The van der Waals surface area contributed by atoms with Gasteiger partial charge in [-0.05, 0) is 38.3 Å². The molecular weight excluding hydrogens is 212 g/mol. The van der Waals surface area contributed by atoms with Crippen LogP contribution in [0.5, 0.6) is 0 Å². The minimum absolute atomic E-state index is 0.447. The molecule has 3 heteroatoms. The van der Waals surface area contributed by atoms with Gasteiger partial charge in [0.2, 0.25) is 0 Å². The van der Waals surface area contributed by atoms with Crippen LogP contribution in [0.4, 0.5) is 0 Å². The summed E-state index contributed by atoms with van der Waals surface area (Å²) in [5.41, 5.74) is 3.50. The fourth-order valence-corrected chi connectivity index (χ4v) is 2.75. The Bertz CT molecular complexity index is 389. The number of rotatable bonds is 4. The maximum Gasteiger partial charge on any atom is 0.0771 e. The maximum atomic E-state index is 10.2. The second-order valence-electron chi connectivity index (χ2n) is 5.49. The van der Waals surface area contributed by atoms with Gasteiger partial charge in [0, 0.05) is 31.5 Å². The third-order valence-electron chi connectivity index (χ3n) is 4.18. The second kappa shape index (κ2) is 4.83. The summed E-state index contributed by atoms with van der Waals surface area (Å²) in [7, 11) is 2.10. The molecule has 0 bridgehead atoms. The summed E-state index contributed by atoms with van der Waals surface area (Å²) in [4.78, 5) is 0. The van der Waals surface area contributed by atoms with E-state index in [0.717, 1.165) is 25.9 Å². The highest BCUT2D eigenvalue weighted by atomic mass is 16.3. The first-order valence-corrected chi connectivity index (χ1v) is 6.57. The lowest BCUT2D eigenvalue weighted by molar-refractivity contribution is 0.0474. The van der Waals surface area contributed by atoms with Crippen LogP contribution in [0, 0.1) is 13.8 Å². The van der Waals surface area contributed by atoms with Gasteiger partial charge in [-0.3, -0.25) is 0 Å². The van der Waals surface area contributed by atoms with E-state index in [0.29, 0.717) is 0 Å². The van der Waals surface area contributed by atoms with E-state index in [1.165, 1.54) is 29.8 Å². The SMILES string of the molecule is Cc1cc(CNCC2(O)CCCC2)c(C)n1C. The van der Waals surface area contributed by atoms with Crippen molar-refractivity contribution in [1.82, 2.24) is 9.88 Å². The zero-order chi connectivity index (χ0) is 12.5. The molecular formula is C14H24N2O. The molecule has 17 heavy (non-hydrogen) atoms. The van der Waals surface area contributed by atoms with Crippen molar-refractivity contribution in [2.75, 3.05) is 6.54 Å². The van der Waals surface area contributed by atoms with Gasteiger partial charge in [-0.25, -0.2) is 0 Å². The van der Waals surface area contributed by atoms with Crippen molar-refractivity contribution in [3.8, 4) is 0 Å². The van der Waals surface area contributed by atoms with Gasteiger partial charge in [-0.1, -0.05) is 12.8 Å². The van der Waals surface area contributed by atoms with Crippen LogP contribution in [-0.4, -0.2) is 21.8 Å². The van der Waals surface area contributed by atoms with Crippen molar-refractivity contribution < 1.29 is 5.11 Å². The molecule has 0 aromatic carbocycles. The highest BCUT2D eigenvalue weighted by Crippen LogP contribution is 2.28. The van der Waals surface area contributed by atoms with Crippen LogP contribution in [0.3, 0.4) is 0 Å². The van der Waals surface area contributed by atoms with Crippen LogP contribution in [-0.2, 0) is 13.6 Å². The molecule has 2 rings (SSSR count). The molecule has 0 radical (unpaired) electrons. The standard InChI is InChI=1S/C14H24N2O/c1-11-8-13(12(2)16(11)3)9-15-10-14(17)6-4-5-7-14/h8,15,17H,4-7,9-10H2,1-3H3. The molecule has 1 aromatic heterocycles. The van der Waals surface area contributed by atoms with Crippen molar-refractivity contribution >= 4 is 0 Å². The van der Waals surface area contributed by atoms with E-state index in [4.69, 9.17) is 0 Å². The molecule has 1 heterocycles. The van der Waals surface area contributed by atoms with Crippen LogP contribution in [0.15, 0.2) is 6.07 Å². The van der Waals surface area contributed by atoms with Gasteiger partial charge in [0.25, 0.3) is 0 Å². The van der Waals surface area contributed by atoms with Crippen LogP contribution in [0.25, 0.3) is 0 Å². The van der Waals surface area contributed by atoms with Crippen LogP contribution < -0.4 is 5.32 Å². The van der Waals surface area contributed by atoms with Crippen molar-refractivity contribution in [2.24, 2.45) is 7.05 Å². The number of aliphatic hydroxyl groups is 1. The van der Waals surface area contributed by atoms with E-state index in [1.807, 2.05) is 0 Å². The van der Waals surface area contributed by atoms with E-state index < -0.39 is 5.60 Å². The number of nitrogens with one attached hydrogen (secondary N) is 1. The van der Waals surface area contributed by atoms with E-state index in [9.17, 15) is 5.11 Å². The molecule has 1 aromatic rings. The summed E-state index contributed by atoms with van der Waals surface area (Å²) in [5.74, 6) is 0. The molecule has 1 saturated carbocycles. The van der Waals surface area contributed by atoms with Gasteiger partial charge in [-0.15, -0.1) is 0 Å². The Labute approximate surface area is 104 Å². The van der Waals surface area contributed by atoms with Gasteiger partial charge in [0.15, 0.2) is 0 Å². The van der Waals surface area contributed by atoms with E-state index in [-0.39, 0.29) is 0 Å². The Hall–Kier alpha value is -0.800. The lowest BCUT2D eigenvalue weighted by atomic mass is 10.0. The number of nitrogens with zero attached hydrogens (tertiary/aromatic N) is 1. The predicted molar refractivity (Wildman–Crippen MR) is 70.0 cm³/mol. The van der Waals surface area contributed by atoms with Crippen molar-refractivity contribution in [2.45, 2.75) is 51.7 Å². The monoisotopic (exact) mass is 236 g/mol. The first-order valence-electron chi connectivity index (χ1n) is 6.57. The Morgan fingerprint density at radius 2 is 2.00 bits per heavy atom. The van der Waals surface area contributed by atoms with E-state index in [1.54, 1.807) is 0 Å². The Balaban J connectivity index is 1.87. The zero-order valence-electron chi connectivity index (χ0n) is 11.2. The summed E-state index contributed by atoms with van der Waals surface area (Å²) in [6.07, 6.45) is 4.24.